The van der Waals surface area contributed by atoms with Crippen molar-refractivity contribution in [1.29, 1.82) is 0 Å². The van der Waals surface area contributed by atoms with Gasteiger partial charge in [-0.1, -0.05) is 41.9 Å². The first-order chi connectivity index (χ1) is 17.7. The van der Waals surface area contributed by atoms with Gasteiger partial charge in [-0.3, -0.25) is 9.79 Å². The lowest BCUT2D eigenvalue weighted by Gasteiger charge is -2.13. The summed E-state index contributed by atoms with van der Waals surface area (Å²) in [6, 6.07) is 20.0. The molecule has 188 valence electrons. The Hall–Kier alpha value is -3.28. The number of nitrogens with one attached hydrogen (secondary N) is 1. The first-order valence-electron chi connectivity index (χ1n) is 10.8. The molecule has 37 heavy (non-hydrogen) atoms. The number of carbonyl (C=O) groups excluding carboxylic acids is 1. The second-order valence-corrected chi connectivity index (χ2v) is 9.79. The Balaban J connectivity index is 1.33. The average molecular weight is 584 g/mol. The zero-order valence-electron chi connectivity index (χ0n) is 19.2. The molecule has 3 aromatic rings. The van der Waals surface area contributed by atoms with Gasteiger partial charge in [-0.25, -0.2) is 14.1 Å². The van der Waals surface area contributed by atoms with E-state index in [1.165, 1.54) is 6.07 Å². The van der Waals surface area contributed by atoms with E-state index in [-0.39, 0.29) is 29.4 Å². The molecule has 0 atom stereocenters. The Labute approximate surface area is 222 Å². The van der Waals surface area contributed by atoms with Crippen LogP contribution in [-0.2, 0) is 20.4 Å². The number of hydrogen-bond donors (Lipinski definition) is 3. The van der Waals surface area contributed by atoms with Crippen molar-refractivity contribution in [2.24, 2.45) is 9.98 Å². The molecule has 1 aliphatic rings. The third kappa shape index (κ3) is 7.61. The smallest absolute Gasteiger partial charge is 0.466 e. The van der Waals surface area contributed by atoms with E-state index in [0.717, 1.165) is 11.3 Å². The molecule has 2 radical (unpaired) electrons. The molecule has 1 aliphatic heterocycles. The van der Waals surface area contributed by atoms with Crippen LogP contribution in [0.3, 0.4) is 0 Å². The molecule has 1 heterocycles. The molecule has 10 nitrogen and oxygen atoms in total. The van der Waals surface area contributed by atoms with Gasteiger partial charge >= 0.3 is 7.82 Å². The van der Waals surface area contributed by atoms with E-state index in [2.05, 4.69) is 35.8 Å². The molecule has 4 rings (SSSR count). The van der Waals surface area contributed by atoms with Gasteiger partial charge in [0, 0.05) is 12.1 Å². The molecule has 0 bridgehead atoms. The third-order valence-electron chi connectivity index (χ3n) is 4.99. The number of rotatable bonds is 10. The van der Waals surface area contributed by atoms with Crippen LogP contribution in [0.1, 0.15) is 11.1 Å². The van der Waals surface area contributed by atoms with Crippen molar-refractivity contribution in [2.75, 3.05) is 13.3 Å². The topological polar surface area (TPSA) is 139 Å². The van der Waals surface area contributed by atoms with Crippen LogP contribution < -0.4 is 20.3 Å². The maximum atomic E-state index is 12.6. The highest BCUT2D eigenvalue weighted by molar-refractivity contribution is 9.10. The summed E-state index contributed by atoms with van der Waals surface area (Å²) >= 11 is 3.30. The number of para-hydroxylation sites is 1. The van der Waals surface area contributed by atoms with Crippen molar-refractivity contribution >= 4 is 54.5 Å². The molecular weight excluding hydrogens is 564 g/mol. The molecule has 0 aromatic heterocycles. The van der Waals surface area contributed by atoms with Gasteiger partial charge in [0.15, 0.2) is 12.6 Å². The number of hydrogen-bond acceptors (Lipinski definition) is 7. The molecule has 1 amide bonds. The van der Waals surface area contributed by atoms with Crippen molar-refractivity contribution in [2.45, 2.75) is 6.54 Å². The number of carbonyl (C=O) groups is 1. The summed E-state index contributed by atoms with van der Waals surface area (Å²) in [6.07, 6.45) is 0. The fourth-order valence-corrected chi connectivity index (χ4v) is 4.04. The zero-order chi connectivity index (χ0) is 26.4. The molecule has 0 saturated heterocycles. The van der Waals surface area contributed by atoms with Crippen molar-refractivity contribution in [1.82, 2.24) is 5.32 Å². The number of halogens is 1. The predicted molar refractivity (Wildman–Crippen MR) is 142 cm³/mol. The highest BCUT2D eigenvalue weighted by atomic mass is 79.9. The van der Waals surface area contributed by atoms with Gasteiger partial charge in [0.05, 0.1) is 11.0 Å². The second kappa shape index (κ2) is 11.8. The van der Waals surface area contributed by atoms with Crippen LogP contribution in [0, 0.1) is 0 Å². The van der Waals surface area contributed by atoms with E-state index in [1.54, 1.807) is 6.07 Å². The summed E-state index contributed by atoms with van der Waals surface area (Å²) in [7, 11) is 1.32. The summed E-state index contributed by atoms with van der Waals surface area (Å²) in [5.74, 6) is 1.54. The first-order valence-corrected chi connectivity index (χ1v) is 13.1. The molecule has 3 aromatic carbocycles. The number of ether oxygens (including phenoxy) is 2. The number of phosphoric acid groups is 1. The van der Waals surface area contributed by atoms with E-state index in [9.17, 15) is 9.36 Å². The van der Waals surface area contributed by atoms with Crippen LogP contribution in [0.4, 0.5) is 0 Å². The third-order valence-corrected chi connectivity index (χ3v) is 6.02. The summed E-state index contributed by atoms with van der Waals surface area (Å²) in [6.45, 7) is -0.282. The van der Waals surface area contributed by atoms with Crippen LogP contribution in [0.25, 0.3) is 0 Å². The quantitative estimate of drug-likeness (QED) is 0.189. The highest BCUT2D eigenvalue weighted by Crippen LogP contribution is 2.36. The fraction of sp³-hybridized carbons (Fsp3) is 0.125. The first kappa shape index (κ1) is 26.8. The Bertz CT molecular complexity index is 1370. The van der Waals surface area contributed by atoms with Gasteiger partial charge in [-0.15, -0.1) is 0 Å². The standard InChI is InChI=1S/C24H20BBrN3O7P/c25-19-10-16(11-20(26)22(19)34-14-35-37(31,32)33)23-27-13-21(29-23)24(30)28-12-15-6-8-18(9-7-15)36-17-4-2-1-3-5-17/h1-11H,12-14H2,(H,28,30)(H2,31,32,33). The number of phosphoric ester groups is 1. The summed E-state index contributed by atoms with van der Waals surface area (Å²) in [5.41, 5.74) is 1.84. The van der Waals surface area contributed by atoms with Gasteiger partial charge in [0.2, 0.25) is 0 Å². The van der Waals surface area contributed by atoms with Crippen LogP contribution in [0.15, 0.2) is 81.2 Å². The van der Waals surface area contributed by atoms with E-state index in [4.69, 9.17) is 27.1 Å². The lowest BCUT2D eigenvalue weighted by atomic mass is 9.93. The van der Waals surface area contributed by atoms with Gasteiger partial charge in [0.25, 0.3) is 5.91 Å². The molecule has 13 heteroatoms. The van der Waals surface area contributed by atoms with Gasteiger partial charge in [-0.2, -0.15) is 0 Å². The van der Waals surface area contributed by atoms with Crippen LogP contribution in [-0.4, -0.2) is 48.4 Å². The Morgan fingerprint density at radius 2 is 1.78 bits per heavy atom. The molecule has 3 N–H and O–H groups in total. The predicted octanol–water partition coefficient (Wildman–Crippen LogP) is 3.00. The lowest BCUT2D eigenvalue weighted by molar-refractivity contribution is -0.115. The largest absolute Gasteiger partial charge is 0.472 e. The maximum absolute atomic E-state index is 12.6. The minimum absolute atomic E-state index is 0.108. The lowest BCUT2D eigenvalue weighted by Crippen LogP contribution is -2.31. The molecule has 0 spiro atoms. The van der Waals surface area contributed by atoms with Gasteiger partial charge in [-0.05, 0) is 51.8 Å². The van der Waals surface area contributed by atoms with Crippen LogP contribution in [0.5, 0.6) is 17.2 Å². The average Bonchev–Trinajstić information content (AvgIpc) is 3.36. The number of amidine groups is 1. The van der Waals surface area contributed by atoms with Crippen molar-refractivity contribution in [3.05, 3.63) is 82.3 Å². The summed E-state index contributed by atoms with van der Waals surface area (Å²) in [5, 5.41) is 2.83. The number of aliphatic imine (C=N–C) groups is 2. The number of nitrogens with zero attached hydrogens (tertiary/aromatic N) is 2. The minimum atomic E-state index is -4.68. The molecule has 0 unspecified atom stereocenters. The Kier molecular flexibility index (Phi) is 8.57. The number of amides is 1. The second-order valence-electron chi connectivity index (χ2n) is 7.70. The van der Waals surface area contributed by atoms with Crippen LogP contribution >= 0.6 is 23.8 Å². The van der Waals surface area contributed by atoms with E-state index in [1.807, 2.05) is 54.6 Å². The van der Waals surface area contributed by atoms with Gasteiger partial charge in [0.1, 0.15) is 30.8 Å². The molecule has 0 fully saturated rings. The molecule has 0 saturated carbocycles. The van der Waals surface area contributed by atoms with E-state index < -0.39 is 14.6 Å². The Morgan fingerprint density at radius 1 is 1.08 bits per heavy atom. The summed E-state index contributed by atoms with van der Waals surface area (Å²) in [4.78, 5) is 38.8. The fourth-order valence-electron chi connectivity index (χ4n) is 3.26. The van der Waals surface area contributed by atoms with Crippen molar-refractivity contribution in [3.63, 3.8) is 0 Å². The molecular formula is C24H20BBrN3O7P. The van der Waals surface area contributed by atoms with Crippen molar-refractivity contribution in [3.8, 4) is 17.2 Å². The van der Waals surface area contributed by atoms with Crippen molar-refractivity contribution < 1.29 is 33.1 Å². The number of benzene rings is 3. The van der Waals surface area contributed by atoms with E-state index in [0.29, 0.717) is 28.2 Å². The van der Waals surface area contributed by atoms with E-state index >= 15 is 0 Å². The zero-order valence-corrected chi connectivity index (χ0v) is 21.7. The molecule has 0 aliphatic carbocycles. The normalized spacial score (nSPS) is 13.1. The highest BCUT2D eigenvalue weighted by Gasteiger charge is 2.20. The monoisotopic (exact) mass is 583 g/mol. The van der Waals surface area contributed by atoms with Crippen LogP contribution in [0.2, 0.25) is 0 Å². The maximum Gasteiger partial charge on any atom is 0.472 e. The SMILES string of the molecule is [B]c1cc(C2=NCC(C(=O)NCc3ccc(Oc4ccccc4)cc3)=N2)cc(Br)c1OCOP(=O)(O)O. The Morgan fingerprint density at radius 3 is 2.46 bits per heavy atom. The van der Waals surface area contributed by atoms with Gasteiger partial charge < -0.3 is 24.6 Å². The minimum Gasteiger partial charge on any atom is -0.466 e. The summed E-state index contributed by atoms with van der Waals surface area (Å²) < 4.78 is 26.4.